The average molecular weight is 450 g/mol. The predicted octanol–water partition coefficient (Wildman–Crippen LogP) is 4.44. The van der Waals surface area contributed by atoms with Crippen LogP contribution in [0.25, 0.3) is 11.3 Å². The van der Waals surface area contributed by atoms with Crippen LogP contribution in [0.2, 0.25) is 0 Å². The van der Waals surface area contributed by atoms with Crippen molar-refractivity contribution in [3.05, 3.63) is 65.7 Å². The molecule has 0 aliphatic rings. The molecule has 0 saturated heterocycles. The minimum Gasteiger partial charge on any atom is -0.480 e. The Morgan fingerprint density at radius 3 is 2.18 bits per heavy atom. The fourth-order valence-electron chi connectivity index (χ4n) is 3.06. The minimum absolute atomic E-state index is 0.230. The first-order valence-corrected chi connectivity index (χ1v) is 10.4. The lowest BCUT2D eigenvalue weighted by Crippen LogP contribution is -2.44. The SMILES string of the molecule is Cc1ccc(NC(=O)Nc2ccc(-c3cnc(C(=O)N[C@H](C(=O)O)C(C)C)o3)cc2)cc1C. The first-order chi connectivity index (χ1) is 15.6. The number of urea groups is 1. The van der Waals surface area contributed by atoms with Crippen LogP contribution in [0.5, 0.6) is 0 Å². The predicted molar refractivity (Wildman–Crippen MR) is 124 cm³/mol. The number of nitrogens with zero attached hydrogens (tertiary/aromatic N) is 1. The van der Waals surface area contributed by atoms with Gasteiger partial charge >= 0.3 is 17.9 Å². The summed E-state index contributed by atoms with van der Waals surface area (Å²) in [7, 11) is 0. The Morgan fingerprint density at radius 1 is 0.939 bits per heavy atom. The maximum atomic E-state index is 12.3. The second kappa shape index (κ2) is 9.99. The quantitative estimate of drug-likeness (QED) is 0.420. The zero-order valence-electron chi connectivity index (χ0n) is 18.8. The molecule has 4 N–H and O–H groups in total. The average Bonchev–Trinajstić information content (AvgIpc) is 3.25. The number of carboxylic acid groups (broad SMARTS) is 1. The highest BCUT2D eigenvalue weighted by atomic mass is 16.4. The van der Waals surface area contributed by atoms with Crippen LogP contribution in [0.1, 0.15) is 35.7 Å². The van der Waals surface area contributed by atoms with Gasteiger partial charge in [0.15, 0.2) is 5.76 Å². The zero-order chi connectivity index (χ0) is 24.1. The molecule has 0 saturated carbocycles. The summed E-state index contributed by atoms with van der Waals surface area (Å²) >= 11 is 0. The number of hydrogen-bond acceptors (Lipinski definition) is 5. The molecular weight excluding hydrogens is 424 g/mol. The van der Waals surface area contributed by atoms with Crippen molar-refractivity contribution in [2.24, 2.45) is 5.92 Å². The number of amides is 3. The van der Waals surface area contributed by atoms with E-state index in [0.29, 0.717) is 22.7 Å². The van der Waals surface area contributed by atoms with Gasteiger partial charge < -0.3 is 25.5 Å². The fourth-order valence-corrected chi connectivity index (χ4v) is 3.06. The normalized spacial score (nSPS) is 11.7. The molecule has 9 nitrogen and oxygen atoms in total. The summed E-state index contributed by atoms with van der Waals surface area (Å²) in [6.45, 7) is 7.36. The van der Waals surface area contributed by atoms with Crippen LogP contribution in [0.15, 0.2) is 53.1 Å². The highest BCUT2D eigenvalue weighted by Crippen LogP contribution is 2.23. The van der Waals surface area contributed by atoms with Gasteiger partial charge in [0.25, 0.3) is 5.89 Å². The van der Waals surface area contributed by atoms with Gasteiger partial charge in [0.2, 0.25) is 0 Å². The van der Waals surface area contributed by atoms with E-state index >= 15 is 0 Å². The van der Waals surface area contributed by atoms with E-state index in [1.54, 1.807) is 38.1 Å². The highest BCUT2D eigenvalue weighted by molar-refractivity contribution is 6.00. The Bertz CT molecular complexity index is 1170. The molecule has 0 aliphatic heterocycles. The maximum Gasteiger partial charge on any atom is 0.326 e. The molecule has 0 fully saturated rings. The number of carbonyl (C=O) groups excluding carboxylic acids is 2. The topological polar surface area (TPSA) is 134 Å². The molecule has 33 heavy (non-hydrogen) atoms. The number of rotatable bonds is 7. The molecule has 3 amide bonds. The van der Waals surface area contributed by atoms with Gasteiger partial charge in [0, 0.05) is 16.9 Å². The molecule has 3 rings (SSSR count). The number of benzene rings is 2. The fraction of sp³-hybridized carbons (Fsp3) is 0.250. The molecule has 9 heteroatoms. The van der Waals surface area contributed by atoms with Gasteiger partial charge in [-0.05, 0) is 67.3 Å². The Morgan fingerprint density at radius 2 is 1.58 bits per heavy atom. The lowest BCUT2D eigenvalue weighted by atomic mass is 10.1. The van der Waals surface area contributed by atoms with Crippen LogP contribution < -0.4 is 16.0 Å². The number of aromatic nitrogens is 1. The van der Waals surface area contributed by atoms with Crippen molar-refractivity contribution >= 4 is 29.3 Å². The van der Waals surface area contributed by atoms with Crippen LogP contribution >= 0.6 is 0 Å². The van der Waals surface area contributed by atoms with Crippen molar-refractivity contribution in [1.29, 1.82) is 0 Å². The van der Waals surface area contributed by atoms with E-state index in [1.165, 1.54) is 6.20 Å². The molecule has 0 unspecified atom stereocenters. The molecule has 2 aromatic carbocycles. The number of carbonyl (C=O) groups is 3. The van der Waals surface area contributed by atoms with Crippen LogP contribution in [0, 0.1) is 19.8 Å². The molecule has 3 aromatic rings. The monoisotopic (exact) mass is 450 g/mol. The van der Waals surface area contributed by atoms with E-state index in [-0.39, 0.29) is 17.8 Å². The molecule has 0 bridgehead atoms. The maximum absolute atomic E-state index is 12.3. The van der Waals surface area contributed by atoms with Crippen molar-refractivity contribution in [2.75, 3.05) is 10.6 Å². The standard InChI is InChI=1S/C24H26N4O5/c1-13(2)20(23(30)31)28-21(29)22-25-12-19(33-22)16-6-9-17(10-7-16)26-24(32)27-18-8-5-14(3)15(4)11-18/h5-13,20H,1-4H3,(H,28,29)(H,30,31)(H2,26,27,32)/t20-/m0/s1. The van der Waals surface area contributed by atoms with Crippen LogP contribution in [-0.2, 0) is 4.79 Å². The van der Waals surface area contributed by atoms with Crippen LogP contribution in [0.4, 0.5) is 16.2 Å². The number of nitrogens with one attached hydrogen (secondary N) is 3. The van der Waals surface area contributed by atoms with Gasteiger partial charge in [-0.15, -0.1) is 0 Å². The van der Waals surface area contributed by atoms with Gasteiger partial charge in [-0.1, -0.05) is 19.9 Å². The number of aliphatic carboxylic acids is 1. The molecule has 1 atom stereocenters. The van der Waals surface area contributed by atoms with Crippen molar-refractivity contribution in [2.45, 2.75) is 33.7 Å². The molecule has 1 aromatic heterocycles. The molecule has 172 valence electrons. The number of anilines is 2. The number of oxazole rings is 1. The van der Waals surface area contributed by atoms with E-state index in [1.807, 2.05) is 32.0 Å². The van der Waals surface area contributed by atoms with Crippen LogP contribution in [0.3, 0.4) is 0 Å². The summed E-state index contributed by atoms with van der Waals surface area (Å²) in [4.78, 5) is 39.8. The summed E-state index contributed by atoms with van der Waals surface area (Å²) in [6, 6.07) is 11.1. The van der Waals surface area contributed by atoms with Gasteiger partial charge in [-0.25, -0.2) is 14.6 Å². The van der Waals surface area contributed by atoms with E-state index in [2.05, 4.69) is 20.9 Å². The van der Waals surface area contributed by atoms with E-state index in [0.717, 1.165) is 11.1 Å². The number of carboxylic acids is 1. The lowest BCUT2D eigenvalue weighted by Gasteiger charge is -2.16. The van der Waals surface area contributed by atoms with E-state index in [9.17, 15) is 19.5 Å². The molecule has 0 aliphatic carbocycles. The van der Waals surface area contributed by atoms with Gasteiger partial charge in [-0.3, -0.25) is 4.79 Å². The third kappa shape index (κ3) is 5.97. The summed E-state index contributed by atoms with van der Waals surface area (Å²) < 4.78 is 5.50. The van der Waals surface area contributed by atoms with E-state index in [4.69, 9.17) is 4.42 Å². The highest BCUT2D eigenvalue weighted by Gasteiger charge is 2.26. The Hall–Kier alpha value is -4.14. The Labute approximate surface area is 191 Å². The third-order valence-corrected chi connectivity index (χ3v) is 5.11. The smallest absolute Gasteiger partial charge is 0.326 e. The minimum atomic E-state index is -1.13. The summed E-state index contributed by atoms with van der Waals surface area (Å²) in [5.41, 5.74) is 4.13. The van der Waals surface area contributed by atoms with E-state index < -0.39 is 17.9 Å². The van der Waals surface area contributed by atoms with Crippen molar-refractivity contribution in [3.63, 3.8) is 0 Å². The van der Waals surface area contributed by atoms with Gasteiger partial charge in [0.1, 0.15) is 6.04 Å². The van der Waals surface area contributed by atoms with Crippen molar-refractivity contribution in [3.8, 4) is 11.3 Å². The first-order valence-electron chi connectivity index (χ1n) is 10.4. The molecule has 0 radical (unpaired) electrons. The largest absolute Gasteiger partial charge is 0.480 e. The zero-order valence-corrected chi connectivity index (χ0v) is 18.8. The van der Waals surface area contributed by atoms with Crippen molar-refractivity contribution in [1.82, 2.24) is 10.3 Å². The van der Waals surface area contributed by atoms with Crippen molar-refractivity contribution < 1.29 is 23.9 Å². The van der Waals surface area contributed by atoms with Crippen LogP contribution in [-0.4, -0.2) is 34.0 Å². The Balaban J connectivity index is 1.62. The Kier molecular flexibility index (Phi) is 7.12. The lowest BCUT2D eigenvalue weighted by molar-refractivity contribution is -0.140. The number of aryl methyl sites for hydroxylation is 2. The molecular formula is C24H26N4O5. The summed E-state index contributed by atoms with van der Waals surface area (Å²) in [6.07, 6.45) is 1.38. The van der Waals surface area contributed by atoms with Gasteiger partial charge in [0.05, 0.1) is 6.20 Å². The number of hydrogen-bond donors (Lipinski definition) is 4. The molecule has 0 spiro atoms. The summed E-state index contributed by atoms with van der Waals surface area (Å²) in [5.74, 6) is -2.03. The first kappa shape index (κ1) is 23.5. The third-order valence-electron chi connectivity index (χ3n) is 5.11. The second-order valence-corrected chi connectivity index (χ2v) is 8.02. The summed E-state index contributed by atoms with van der Waals surface area (Å²) in [5, 5.41) is 17.2. The second-order valence-electron chi connectivity index (χ2n) is 8.02. The van der Waals surface area contributed by atoms with Gasteiger partial charge in [-0.2, -0.15) is 0 Å². The molecule has 1 heterocycles.